The fraction of sp³-hybridized carbons (Fsp3) is 0.333. The number of benzene rings is 4. The summed E-state index contributed by atoms with van der Waals surface area (Å²) >= 11 is 6.06. The molecule has 0 amide bonds. The van der Waals surface area contributed by atoms with Gasteiger partial charge < -0.3 is 14.3 Å². The van der Waals surface area contributed by atoms with E-state index in [2.05, 4.69) is 36.7 Å². The van der Waals surface area contributed by atoms with Gasteiger partial charge in [-0.2, -0.15) is 0 Å². The zero-order chi connectivity index (χ0) is 26.5. The quantitative estimate of drug-likeness (QED) is 0.111. The summed E-state index contributed by atoms with van der Waals surface area (Å²) in [4.78, 5) is 35.4. The third-order valence-electron chi connectivity index (χ3n) is 6.82. The summed E-state index contributed by atoms with van der Waals surface area (Å²) in [5.74, 6) is 0.494. The summed E-state index contributed by atoms with van der Waals surface area (Å²) in [6.07, 6.45) is 0.733. The molecule has 0 saturated heterocycles. The van der Waals surface area contributed by atoms with E-state index in [1.165, 1.54) is 0 Å². The molecular formula is C30H33Cl2N3O3. The number of nitrogens with zero attached hydrogens (tertiary/aromatic N) is 2. The van der Waals surface area contributed by atoms with Gasteiger partial charge >= 0.3 is 0 Å². The summed E-state index contributed by atoms with van der Waals surface area (Å²) < 4.78 is 6.46. The van der Waals surface area contributed by atoms with Crippen LogP contribution in [0.5, 0.6) is 0 Å². The highest BCUT2D eigenvalue weighted by molar-refractivity contribution is 6.18. The van der Waals surface area contributed by atoms with Gasteiger partial charge in [0.05, 0.1) is 34.2 Å². The topological polar surface area (TPSA) is 69.5 Å². The summed E-state index contributed by atoms with van der Waals surface area (Å²) in [5.41, 5.74) is 3.96. The van der Waals surface area contributed by atoms with Crippen molar-refractivity contribution in [3.05, 3.63) is 74.5 Å². The van der Waals surface area contributed by atoms with Crippen LogP contribution in [0, 0.1) is 0 Å². The van der Waals surface area contributed by atoms with Gasteiger partial charge in [-0.3, -0.25) is 14.5 Å². The summed E-state index contributed by atoms with van der Waals surface area (Å²) in [5, 5.41) is 1.60. The van der Waals surface area contributed by atoms with Crippen molar-refractivity contribution in [2.45, 2.75) is 32.6 Å². The number of rotatable bonds is 6. The number of alkyl halides is 1. The van der Waals surface area contributed by atoms with E-state index in [4.69, 9.17) is 16.0 Å². The highest BCUT2D eigenvalue weighted by Gasteiger charge is 2.23. The van der Waals surface area contributed by atoms with Crippen molar-refractivity contribution in [3.8, 4) is 0 Å². The van der Waals surface area contributed by atoms with Crippen LogP contribution in [0.2, 0.25) is 0 Å². The Balaban J connectivity index is 0.00000336. The monoisotopic (exact) mass is 553 g/mol. The average Bonchev–Trinajstić information content (AvgIpc) is 2.86. The van der Waals surface area contributed by atoms with Crippen molar-refractivity contribution < 1.29 is 4.42 Å². The molecule has 0 saturated carbocycles. The standard InChI is InChI=1S/C30H32ClN3O3.ClH/c1-30(2,3)18-11-12-21-23(15-18)37-24-16-22(34(14-8-13-31)17-33(4)5)25-26(27(24)32-21)29(36)20-10-7-6-9-19(20)28(25)35;/h6-7,9-12,15-16,32H,8,13-14,17H2,1-5H3;1H. The first-order valence-corrected chi connectivity index (χ1v) is 13.1. The first kappa shape index (κ1) is 28.0. The third-order valence-corrected chi connectivity index (χ3v) is 7.09. The number of anilines is 1. The first-order chi connectivity index (χ1) is 17.6. The average molecular weight is 555 g/mol. The molecule has 1 aromatic heterocycles. The minimum absolute atomic E-state index is 0. The third kappa shape index (κ3) is 4.89. The van der Waals surface area contributed by atoms with Crippen LogP contribution in [0.4, 0.5) is 5.69 Å². The Hall–Kier alpha value is -3.06. The highest BCUT2D eigenvalue weighted by Crippen LogP contribution is 2.34. The van der Waals surface area contributed by atoms with Crippen LogP contribution in [0.25, 0.3) is 43.7 Å². The van der Waals surface area contributed by atoms with Crippen LogP contribution in [-0.2, 0) is 5.41 Å². The van der Waals surface area contributed by atoms with E-state index in [1.54, 1.807) is 24.3 Å². The number of nitrogens with one attached hydrogen (secondary N) is 1. The van der Waals surface area contributed by atoms with E-state index >= 15 is 0 Å². The van der Waals surface area contributed by atoms with Crippen molar-refractivity contribution in [2.75, 3.05) is 38.1 Å². The maximum Gasteiger partial charge on any atom is 0.196 e. The minimum Gasteiger partial charge on any atom is -0.453 e. The van der Waals surface area contributed by atoms with Crippen LogP contribution in [0.1, 0.15) is 32.8 Å². The van der Waals surface area contributed by atoms with Crippen molar-refractivity contribution in [2.24, 2.45) is 0 Å². The van der Waals surface area contributed by atoms with Crippen LogP contribution in [0.15, 0.2) is 62.5 Å². The Morgan fingerprint density at radius 1 is 0.921 bits per heavy atom. The maximum absolute atomic E-state index is 13.9. The number of H-pyrrole nitrogens is 1. The Bertz CT molecular complexity index is 1770. The molecule has 200 valence electrons. The molecule has 1 N–H and O–H groups in total. The first-order valence-electron chi connectivity index (χ1n) is 12.5. The molecule has 0 unspecified atom stereocenters. The lowest BCUT2D eigenvalue weighted by molar-refractivity contribution is 0.402. The highest BCUT2D eigenvalue weighted by atomic mass is 35.5. The van der Waals surface area contributed by atoms with Gasteiger partial charge in [-0.25, -0.2) is 0 Å². The van der Waals surface area contributed by atoms with Gasteiger partial charge in [-0.05, 0) is 43.6 Å². The molecule has 5 rings (SSSR count). The fourth-order valence-corrected chi connectivity index (χ4v) is 5.11. The van der Waals surface area contributed by atoms with E-state index in [0.29, 0.717) is 63.0 Å². The van der Waals surface area contributed by atoms with E-state index in [1.807, 2.05) is 37.2 Å². The second-order valence-electron chi connectivity index (χ2n) is 10.9. The number of aromatic nitrogens is 1. The van der Waals surface area contributed by atoms with Crippen molar-refractivity contribution in [3.63, 3.8) is 0 Å². The SMILES string of the molecule is CN(C)CN(CCCCl)c1cc2oc3cc(C(C)(C)C)ccc3[nH]c2c2c(=O)c3ccccc3c(=O)c12.Cl. The number of aromatic amines is 1. The molecule has 0 fully saturated rings. The molecule has 0 aliphatic heterocycles. The van der Waals surface area contributed by atoms with Gasteiger partial charge in [0.25, 0.3) is 0 Å². The molecule has 1 heterocycles. The maximum atomic E-state index is 13.9. The van der Waals surface area contributed by atoms with Crippen LogP contribution >= 0.6 is 24.0 Å². The van der Waals surface area contributed by atoms with E-state index < -0.39 is 0 Å². The van der Waals surface area contributed by atoms with E-state index in [-0.39, 0.29) is 28.7 Å². The summed E-state index contributed by atoms with van der Waals surface area (Å²) in [7, 11) is 3.95. The molecule has 38 heavy (non-hydrogen) atoms. The van der Waals surface area contributed by atoms with Gasteiger partial charge in [0.15, 0.2) is 22.0 Å². The predicted molar refractivity (Wildman–Crippen MR) is 163 cm³/mol. The number of halogens is 2. The lowest BCUT2D eigenvalue weighted by Gasteiger charge is -2.29. The van der Waals surface area contributed by atoms with Gasteiger partial charge in [-0.15, -0.1) is 24.0 Å². The van der Waals surface area contributed by atoms with Crippen LogP contribution in [0.3, 0.4) is 0 Å². The Morgan fingerprint density at radius 2 is 1.58 bits per heavy atom. The van der Waals surface area contributed by atoms with Crippen LogP contribution in [-0.4, -0.2) is 43.1 Å². The molecule has 0 bridgehead atoms. The second kappa shape index (κ2) is 10.6. The number of hydrogen-bond acceptors (Lipinski definition) is 5. The Morgan fingerprint density at radius 3 is 2.18 bits per heavy atom. The minimum atomic E-state index is -0.184. The molecule has 0 aliphatic rings. The molecular weight excluding hydrogens is 521 g/mol. The molecule has 4 aromatic carbocycles. The lowest BCUT2D eigenvalue weighted by atomic mass is 9.87. The van der Waals surface area contributed by atoms with Gasteiger partial charge in [-0.1, -0.05) is 51.1 Å². The lowest BCUT2D eigenvalue weighted by Crippen LogP contribution is -2.35. The molecule has 0 atom stereocenters. The zero-order valence-electron chi connectivity index (χ0n) is 22.4. The Kier molecular flexibility index (Phi) is 7.80. The predicted octanol–water partition coefficient (Wildman–Crippen LogP) is 6.61. The molecule has 0 aliphatic carbocycles. The molecule has 0 spiro atoms. The van der Waals surface area contributed by atoms with Crippen molar-refractivity contribution >= 4 is 73.4 Å². The molecule has 5 aromatic rings. The van der Waals surface area contributed by atoms with Crippen molar-refractivity contribution in [1.82, 2.24) is 9.88 Å². The molecule has 0 radical (unpaired) electrons. The summed E-state index contributed by atoms with van der Waals surface area (Å²) in [6, 6.07) is 15.0. The normalized spacial score (nSPS) is 12.1. The second-order valence-corrected chi connectivity index (χ2v) is 11.3. The van der Waals surface area contributed by atoms with Gasteiger partial charge in [0, 0.05) is 29.3 Å². The van der Waals surface area contributed by atoms with E-state index in [9.17, 15) is 9.59 Å². The van der Waals surface area contributed by atoms with Crippen molar-refractivity contribution in [1.29, 1.82) is 0 Å². The Labute approximate surface area is 232 Å². The number of hydrogen-bond donors (Lipinski definition) is 1. The smallest absolute Gasteiger partial charge is 0.196 e. The summed E-state index contributed by atoms with van der Waals surface area (Å²) in [6.45, 7) is 7.67. The van der Waals surface area contributed by atoms with Gasteiger partial charge in [0.1, 0.15) is 0 Å². The largest absolute Gasteiger partial charge is 0.453 e. The number of fused-ring (bicyclic) bond motifs is 5. The molecule has 6 nitrogen and oxygen atoms in total. The fourth-order valence-electron chi connectivity index (χ4n) is 4.99. The van der Waals surface area contributed by atoms with Crippen LogP contribution < -0.4 is 15.8 Å². The van der Waals surface area contributed by atoms with Gasteiger partial charge in [0.2, 0.25) is 0 Å². The molecule has 8 heteroatoms. The zero-order valence-corrected chi connectivity index (χ0v) is 23.9. The van der Waals surface area contributed by atoms with E-state index in [0.717, 1.165) is 17.5 Å².